The predicted octanol–water partition coefficient (Wildman–Crippen LogP) is 5.37. The van der Waals surface area contributed by atoms with Crippen molar-refractivity contribution in [1.29, 1.82) is 0 Å². The molecule has 4 saturated carbocycles. The number of rotatable bonds is 12. The normalized spacial score (nSPS) is 27.4. The monoisotopic (exact) mass is 669 g/mol. The maximum Gasteiger partial charge on any atom is 0.315 e. The Morgan fingerprint density at radius 2 is 1.52 bits per heavy atom. The zero-order chi connectivity index (χ0) is 35.1. The number of nitrogens with one attached hydrogen (secondary N) is 3. The molecule has 0 radical (unpaired) electrons. The molecule has 1 unspecified atom stereocenters. The summed E-state index contributed by atoms with van der Waals surface area (Å²) in [6.07, 6.45) is 15.7. The van der Waals surface area contributed by atoms with Gasteiger partial charge >= 0.3 is 6.03 Å². The summed E-state index contributed by atoms with van der Waals surface area (Å²) in [6, 6.07) is -2.92. The number of fused-ring (bicyclic) bond motifs is 2. The molecule has 5 fully saturated rings. The van der Waals surface area contributed by atoms with Crippen molar-refractivity contribution in [2.75, 3.05) is 6.54 Å². The van der Waals surface area contributed by atoms with Crippen molar-refractivity contribution in [1.82, 2.24) is 20.9 Å². The number of likely N-dealkylation sites (tertiary alicyclic amines) is 1. The molecule has 270 valence electrons. The van der Waals surface area contributed by atoms with Gasteiger partial charge in [-0.05, 0) is 91.8 Å². The second-order valence-electron chi connectivity index (χ2n) is 18.6. The molecule has 5 rings (SSSR count). The number of amides is 5. The zero-order valence-electron chi connectivity index (χ0n) is 30.6. The smallest absolute Gasteiger partial charge is 0.315 e. The lowest BCUT2D eigenvalue weighted by Crippen LogP contribution is -2.62. The molecule has 10 nitrogen and oxygen atoms in total. The summed E-state index contributed by atoms with van der Waals surface area (Å²) in [5.74, 6) is -2.02. The third kappa shape index (κ3) is 8.20. The van der Waals surface area contributed by atoms with Gasteiger partial charge in [0.25, 0.3) is 5.91 Å². The number of hydrogen-bond acceptors (Lipinski definition) is 5. The molecule has 48 heavy (non-hydrogen) atoms. The lowest BCUT2D eigenvalue weighted by molar-refractivity contribution is -0.144. The number of primary amides is 1. The molecule has 1 spiro atoms. The third-order valence-electron chi connectivity index (χ3n) is 12.7. The Labute approximate surface area is 288 Å². The van der Waals surface area contributed by atoms with Crippen molar-refractivity contribution in [2.24, 2.45) is 39.7 Å². The zero-order valence-corrected chi connectivity index (χ0v) is 30.6. The number of hydrogen-bond donors (Lipinski definition) is 4. The van der Waals surface area contributed by atoms with Crippen molar-refractivity contribution < 1.29 is 24.0 Å². The predicted molar refractivity (Wildman–Crippen MR) is 186 cm³/mol. The van der Waals surface area contributed by atoms with Gasteiger partial charge in [0.2, 0.25) is 17.6 Å². The number of Topliss-reactive ketones (excluding diaryl/α,β-unsaturated/α-hetero) is 1. The lowest BCUT2D eigenvalue weighted by atomic mass is 9.76. The number of nitrogens with two attached hydrogens (primary N) is 1. The van der Waals surface area contributed by atoms with Crippen molar-refractivity contribution in [2.45, 2.75) is 168 Å². The van der Waals surface area contributed by atoms with Crippen LogP contribution in [0.2, 0.25) is 0 Å². The van der Waals surface area contributed by atoms with Crippen LogP contribution in [-0.2, 0) is 19.2 Å². The number of nitrogens with zero attached hydrogens (tertiary/aromatic N) is 1. The molecular formula is C38H63N5O5. The van der Waals surface area contributed by atoms with Crippen LogP contribution < -0.4 is 21.7 Å². The van der Waals surface area contributed by atoms with Crippen LogP contribution in [-0.4, -0.2) is 64.6 Å². The number of carbonyl (C=O) groups is 5. The second kappa shape index (κ2) is 13.9. The molecule has 4 aliphatic carbocycles. The first-order valence-corrected chi connectivity index (χ1v) is 19.0. The Kier molecular flexibility index (Phi) is 10.6. The standard InChI is InChI=1S/C38H63N5O5/c1-35(2,3)15-11-18-38(16-8-7-9-17-38)42-34(48)41-30(36(4,5)6)33(47)43-23-26-25(14-19-37(26)20-21-37)28(43)32(46)40-27(29(44)31(39)45)22-24-12-10-13-24/h24-28,30H,7-23H2,1-6H3,(H2,39,45)(H,40,46)(H2,41,42,48)/t25-,26-,27?,28-,30+/m0/s1. The molecule has 0 aromatic heterocycles. The van der Waals surface area contributed by atoms with Crippen LogP contribution in [0.15, 0.2) is 0 Å². The molecule has 5 atom stereocenters. The van der Waals surface area contributed by atoms with Gasteiger partial charge < -0.3 is 26.6 Å². The van der Waals surface area contributed by atoms with Gasteiger partial charge in [-0.3, -0.25) is 19.2 Å². The molecular weight excluding hydrogens is 606 g/mol. The fraction of sp³-hybridized carbons (Fsp3) is 0.868. The van der Waals surface area contributed by atoms with Gasteiger partial charge in [0.1, 0.15) is 12.1 Å². The van der Waals surface area contributed by atoms with Crippen molar-refractivity contribution in [3.8, 4) is 0 Å². The maximum absolute atomic E-state index is 14.7. The summed E-state index contributed by atoms with van der Waals surface area (Å²) in [4.78, 5) is 69.3. The van der Waals surface area contributed by atoms with Crippen molar-refractivity contribution >= 4 is 29.5 Å². The molecule has 0 aromatic carbocycles. The molecule has 5 aliphatic rings. The number of urea groups is 1. The second-order valence-corrected chi connectivity index (χ2v) is 18.6. The molecule has 1 saturated heterocycles. The van der Waals surface area contributed by atoms with Crippen LogP contribution in [0.25, 0.3) is 0 Å². The summed E-state index contributed by atoms with van der Waals surface area (Å²) >= 11 is 0. The quantitative estimate of drug-likeness (QED) is 0.206. The van der Waals surface area contributed by atoms with Crippen molar-refractivity contribution in [3.05, 3.63) is 0 Å². The molecule has 5 amide bonds. The van der Waals surface area contributed by atoms with E-state index in [1.165, 1.54) is 6.42 Å². The van der Waals surface area contributed by atoms with Crippen LogP contribution in [0.1, 0.15) is 144 Å². The highest BCUT2D eigenvalue weighted by atomic mass is 16.2. The molecule has 5 N–H and O–H groups in total. The summed E-state index contributed by atoms with van der Waals surface area (Å²) in [7, 11) is 0. The minimum atomic E-state index is -1.05. The number of carbonyl (C=O) groups excluding carboxylic acids is 5. The Balaban J connectivity index is 1.34. The van der Waals surface area contributed by atoms with E-state index in [4.69, 9.17) is 5.73 Å². The van der Waals surface area contributed by atoms with Gasteiger partial charge in [0, 0.05) is 12.1 Å². The summed E-state index contributed by atoms with van der Waals surface area (Å²) in [5, 5.41) is 9.37. The van der Waals surface area contributed by atoms with Crippen LogP contribution in [0.5, 0.6) is 0 Å². The van der Waals surface area contributed by atoms with Gasteiger partial charge in [-0.1, -0.05) is 86.5 Å². The minimum absolute atomic E-state index is 0.0211. The van der Waals surface area contributed by atoms with Crippen molar-refractivity contribution in [3.63, 3.8) is 0 Å². The fourth-order valence-electron chi connectivity index (χ4n) is 9.47. The first-order valence-electron chi connectivity index (χ1n) is 19.0. The van der Waals surface area contributed by atoms with Gasteiger partial charge in [-0.25, -0.2) is 4.79 Å². The van der Waals surface area contributed by atoms with E-state index in [0.29, 0.717) is 13.0 Å². The van der Waals surface area contributed by atoms with E-state index in [-0.39, 0.29) is 52.0 Å². The fourth-order valence-corrected chi connectivity index (χ4v) is 9.47. The molecule has 0 bridgehead atoms. The summed E-state index contributed by atoms with van der Waals surface area (Å²) in [6.45, 7) is 13.0. The highest BCUT2D eigenvalue weighted by Crippen LogP contribution is 2.66. The minimum Gasteiger partial charge on any atom is -0.363 e. The first-order chi connectivity index (χ1) is 22.4. The Morgan fingerprint density at radius 3 is 2.06 bits per heavy atom. The van der Waals surface area contributed by atoms with Gasteiger partial charge in [-0.15, -0.1) is 0 Å². The van der Waals surface area contributed by atoms with Gasteiger partial charge in [-0.2, -0.15) is 0 Å². The van der Waals surface area contributed by atoms with E-state index in [1.807, 2.05) is 20.8 Å². The van der Waals surface area contributed by atoms with Crippen LogP contribution in [0.3, 0.4) is 0 Å². The van der Waals surface area contributed by atoms with E-state index in [0.717, 1.165) is 89.9 Å². The van der Waals surface area contributed by atoms with Gasteiger partial charge in [0.15, 0.2) is 0 Å². The average molecular weight is 670 g/mol. The molecule has 1 aliphatic heterocycles. The topological polar surface area (TPSA) is 151 Å². The molecule has 0 aromatic rings. The highest BCUT2D eigenvalue weighted by Gasteiger charge is 2.64. The molecule has 1 heterocycles. The first kappa shape index (κ1) is 36.6. The summed E-state index contributed by atoms with van der Waals surface area (Å²) in [5.41, 5.74) is 4.91. The SMILES string of the molecule is CC(C)(C)CCCC1(NC(=O)N[C@H](C(=O)N2C[C@H]3[C@H](CCC34CC4)[C@H]2C(=O)NC(CC2CCC2)C(=O)C(N)=O)C(C)(C)C)CCCCC1. The van der Waals surface area contributed by atoms with E-state index in [1.54, 1.807) is 4.90 Å². The van der Waals surface area contributed by atoms with E-state index in [9.17, 15) is 24.0 Å². The largest absolute Gasteiger partial charge is 0.363 e. The lowest BCUT2D eigenvalue weighted by Gasteiger charge is -2.41. The maximum atomic E-state index is 14.7. The Morgan fingerprint density at radius 1 is 0.854 bits per heavy atom. The van der Waals surface area contributed by atoms with Crippen LogP contribution in [0.4, 0.5) is 4.79 Å². The van der Waals surface area contributed by atoms with E-state index < -0.39 is 35.2 Å². The van der Waals surface area contributed by atoms with E-state index >= 15 is 0 Å². The van der Waals surface area contributed by atoms with Crippen LogP contribution in [0, 0.1) is 34.0 Å². The number of ketones is 1. The van der Waals surface area contributed by atoms with Gasteiger partial charge in [0.05, 0.1) is 6.04 Å². The van der Waals surface area contributed by atoms with Crippen LogP contribution >= 0.6 is 0 Å². The Bertz CT molecular complexity index is 1240. The molecule has 10 heteroatoms. The highest BCUT2D eigenvalue weighted by molar-refractivity contribution is 6.37. The summed E-state index contributed by atoms with van der Waals surface area (Å²) < 4.78 is 0. The third-order valence-corrected chi connectivity index (χ3v) is 12.7. The van der Waals surface area contributed by atoms with E-state index in [2.05, 4.69) is 36.7 Å². The average Bonchev–Trinajstić information content (AvgIpc) is 3.53. The Hall–Kier alpha value is -2.65.